The minimum Gasteiger partial charge on any atom is -0.388 e. The minimum atomic E-state index is -0.836. The second-order valence-electron chi connectivity index (χ2n) is 3.59. The summed E-state index contributed by atoms with van der Waals surface area (Å²) in [6, 6.07) is 4.07. The predicted molar refractivity (Wildman–Crippen MR) is 58.9 cm³/mol. The van der Waals surface area contributed by atoms with Crippen LogP contribution < -0.4 is 0 Å². The summed E-state index contributed by atoms with van der Waals surface area (Å²) < 4.78 is 12.9. The van der Waals surface area contributed by atoms with E-state index in [-0.39, 0.29) is 11.4 Å². The fraction of sp³-hybridized carbons (Fsp3) is 0.300. The molecule has 0 radical (unpaired) electrons. The van der Waals surface area contributed by atoms with E-state index in [1.165, 1.54) is 23.0 Å². The molecule has 2 rings (SSSR count). The van der Waals surface area contributed by atoms with Crippen LogP contribution in [0.3, 0.4) is 0 Å². The zero-order valence-electron chi connectivity index (χ0n) is 9.01. The molecule has 1 aromatic carbocycles. The Morgan fingerprint density at radius 3 is 2.88 bits per heavy atom. The summed E-state index contributed by atoms with van der Waals surface area (Å²) in [5.41, 5.74) is 0.517. The third kappa shape index (κ3) is 2.78. The van der Waals surface area contributed by atoms with Crippen molar-refractivity contribution in [3.05, 3.63) is 40.4 Å². The van der Waals surface area contributed by atoms with E-state index >= 15 is 0 Å². The van der Waals surface area contributed by atoms with Crippen LogP contribution in [0.15, 0.2) is 18.2 Å². The maximum absolute atomic E-state index is 12.9. The molecule has 0 aliphatic rings. The molecule has 5 nitrogen and oxygen atoms in total. The molecule has 1 unspecified atom stereocenters. The zero-order chi connectivity index (χ0) is 12.4. The number of aliphatic hydroxyl groups excluding tert-OH is 1. The SMILES string of the molecule is Cn1nnc(CC(O)c2ccc(F)c(Cl)c2)n1. The number of aryl methyl sites for hydroxylation is 1. The Bertz CT molecular complexity index is 531. The van der Waals surface area contributed by atoms with Gasteiger partial charge in [-0.25, -0.2) is 4.39 Å². The van der Waals surface area contributed by atoms with Crippen molar-refractivity contribution in [2.75, 3.05) is 0 Å². The summed E-state index contributed by atoms with van der Waals surface area (Å²) in [5.74, 6) is -0.0966. The van der Waals surface area contributed by atoms with Crippen LogP contribution in [0.4, 0.5) is 4.39 Å². The van der Waals surface area contributed by atoms with Crippen LogP contribution in [-0.4, -0.2) is 25.3 Å². The van der Waals surface area contributed by atoms with Crippen LogP contribution in [0, 0.1) is 5.82 Å². The molecule has 0 amide bonds. The van der Waals surface area contributed by atoms with Crippen molar-refractivity contribution < 1.29 is 9.50 Å². The molecule has 90 valence electrons. The van der Waals surface area contributed by atoms with Crippen LogP contribution in [-0.2, 0) is 13.5 Å². The van der Waals surface area contributed by atoms with Gasteiger partial charge in [0, 0.05) is 6.42 Å². The molecule has 0 bridgehead atoms. The molecule has 1 heterocycles. The summed E-state index contributed by atoms with van der Waals surface area (Å²) in [6.45, 7) is 0. The van der Waals surface area contributed by atoms with Gasteiger partial charge in [-0.15, -0.1) is 10.2 Å². The Balaban J connectivity index is 2.14. The lowest BCUT2D eigenvalue weighted by Crippen LogP contribution is -2.04. The standard InChI is InChI=1S/C10H10ClFN4O/c1-16-14-10(13-15-16)5-9(17)6-2-3-8(12)7(11)4-6/h2-4,9,17H,5H2,1H3. The van der Waals surface area contributed by atoms with Crippen molar-refractivity contribution in [3.63, 3.8) is 0 Å². The van der Waals surface area contributed by atoms with E-state index in [0.717, 1.165) is 0 Å². The van der Waals surface area contributed by atoms with Crippen LogP contribution in [0.25, 0.3) is 0 Å². The highest BCUT2D eigenvalue weighted by molar-refractivity contribution is 6.30. The molecule has 0 saturated heterocycles. The lowest BCUT2D eigenvalue weighted by molar-refractivity contribution is 0.175. The first kappa shape index (κ1) is 11.9. The van der Waals surface area contributed by atoms with Gasteiger partial charge in [0.15, 0.2) is 5.82 Å². The third-order valence-corrected chi connectivity index (χ3v) is 2.54. The van der Waals surface area contributed by atoms with Crippen molar-refractivity contribution in [3.8, 4) is 0 Å². The van der Waals surface area contributed by atoms with Crippen LogP contribution in [0.2, 0.25) is 5.02 Å². The number of hydrogen-bond acceptors (Lipinski definition) is 4. The Kier molecular flexibility index (Phi) is 3.35. The number of nitrogens with zero attached hydrogens (tertiary/aromatic N) is 4. The average molecular weight is 257 g/mol. The van der Waals surface area contributed by atoms with E-state index in [0.29, 0.717) is 11.4 Å². The van der Waals surface area contributed by atoms with Crippen LogP contribution >= 0.6 is 11.6 Å². The minimum absolute atomic E-state index is 0.0198. The molecule has 0 aliphatic heterocycles. The van der Waals surface area contributed by atoms with Gasteiger partial charge >= 0.3 is 0 Å². The first-order valence-electron chi connectivity index (χ1n) is 4.92. The van der Waals surface area contributed by atoms with E-state index in [4.69, 9.17) is 11.6 Å². The van der Waals surface area contributed by atoms with Crippen molar-refractivity contribution >= 4 is 11.6 Å². The van der Waals surface area contributed by atoms with Crippen molar-refractivity contribution in [1.29, 1.82) is 0 Å². The summed E-state index contributed by atoms with van der Waals surface area (Å²) in [4.78, 5) is 1.31. The van der Waals surface area contributed by atoms with Gasteiger partial charge in [0.2, 0.25) is 0 Å². The van der Waals surface area contributed by atoms with E-state index in [1.807, 2.05) is 0 Å². The predicted octanol–water partition coefficient (Wildman–Crippen LogP) is 1.28. The Morgan fingerprint density at radius 2 is 2.29 bits per heavy atom. The molecule has 2 aromatic rings. The Labute approximate surface area is 102 Å². The molecule has 0 fully saturated rings. The van der Waals surface area contributed by atoms with E-state index in [1.54, 1.807) is 7.05 Å². The monoisotopic (exact) mass is 256 g/mol. The largest absolute Gasteiger partial charge is 0.388 e. The highest BCUT2D eigenvalue weighted by Crippen LogP contribution is 2.22. The van der Waals surface area contributed by atoms with E-state index in [2.05, 4.69) is 15.4 Å². The smallest absolute Gasteiger partial charge is 0.177 e. The normalized spacial score (nSPS) is 12.7. The lowest BCUT2D eigenvalue weighted by Gasteiger charge is -2.08. The van der Waals surface area contributed by atoms with Crippen LogP contribution in [0.1, 0.15) is 17.5 Å². The second-order valence-corrected chi connectivity index (χ2v) is 4.00. The lowest BCUT2D eigenvalue weighted by atomic mass is 10.1. The topological polar surface area (TPSA) is 63.8 Å². The van der Waals surface area contributed by atoms with Gasteiger partial charge in [0.25, 0.3) is 0 Å². The van der Waals surface area contributed by atoms with Crippen molar-refractivity contribution in [2.24, 2.45) is 7.05 Å². The number of halogens is 2. The summed E-state index contributed by atoms with van der Waals surface area (Å²) >= 11 is 5.63. The highest BCUT2D eigenvalue weighted by Gasteiger charge is 2.13. The molecule has 0 spiro atoms. The van der Waals surface area contributed by atoms with Gasteiger partial charge in [0.1, 0.15) is 5.82 Å². The number of hydrogen-bond donors (Lipinski definition) is 1. The first-order chi connectivity index (χ1) is 8.06. The van der Waals surface area contributed by atoms with Crippen molar-refractivity contribution in [1.82, 2.24) is 20.2 Å². The maximum atomic E-state index is 12.9. The molecular formula is C10H10ClFN4O. The number of aliphatic hydroxyl groups is 1. The maximum Gasteiger partial charge on any atom is 0.177 e. The number of aromatic nitrogens is 4. The summed E-state index contributed by atoms with van der Waals surface area (Å²) in [5, 5.41) is 21.2. The summed E-state index contributed by atoms with van der Waals surface area (Å²) in [7, 11) is 1.64. The molecular weight excluding hydrogens is 247 g/mol. The molecule has 1 aromatic heterocycles. The van der Waals surface area contributed by atoms with Gasteiger partial charge in [-0.2, -0.15) is 4.80 Å². The number of benzene rings is 1. The van der Waals surface area contributed by atoms with Gasteiger partial charge < -0.3 is 5.11 Å². The third-order valence-electron chi connectivity index (χ3n) is 2.25. The highest BCUT2D eigenvalue weighted by atomic mass is 35.5. The molecule has 1 N–H and O–H groups in total. The molecule has 17 heavy (non-hydrogen) atoms. The molecule has 1 atom stereocenters. The molecule has 0 saturated carbocycles. The van der Waals surface area contributed by atoms with E-state index < -0.39 is 11.9 Å². The Morgan fingerprint density at radius 1 is 1.53 bits per heavy atom. The van der Waals surface area contributed by atoms with Gasteiger partial charge in [-0.3, -0.25) is 0 Å². The Hall–Kier alpha value is -1.53. The molecule has 7 heteroatoms. The first-order valence-corrected chi connectivity index (χ1v) is 5.30. The fourth-order valence-electron chi connectivity index (χ4n) is 1.42. The average Bonchev–Trinajstić information content (AvgIpc) is 2.68. The van der Waals surface area contributed by atoms with Gasteiger partial charge in [-0.05, 0) is 22.9 Å². The van der Waals surface area contributed by atoms with Crippen LogP contribution in [0.5, 0.6) is 0 Å². The second kappa shape index (κ2) is 4.77. The van der Waals surface area contributed by atoms with Gasteiger partial charge in [-0.1, -0.05) is 17.7 Å². The fourth-order valence-corrected chi connectivity index (χ4v) is 1.60. The van der Waals surface area contributed by atoms with E-state index in [9.17, 15) is 9.50 Å². The molecule has 0 aliphatic carbocycles. The number of tetrazole rings is 1. The van der Waals surface area contributed by atoms with Gasteiger partial charge in [0.05, 0.1) is 18.2 Å². The summed E-state index contributed by atoms with van der Waals surface area (Å²) in [6.07, 6.45) is -0.632. The van der Waals surface area contributed by atoms with Crippen molar-refractivity contribution in [2.45, 2.75) is 12.5 Å². The number of rotatable bonds is 3. The quantitative estimate of drug-likeness (QED) is 0.899. The zero-order valence-corrected chi connectivity index (χ0v) is 9.76.